The first-order valence-electron chi connectivity index (χ1n) is 8.23. The smallest absolute Gasteiger partial charge is 0.368 e. The van der Waals surface area contributed by atoms with Gasteiger partial charge in [0.05, 0.1) is 18.5 Å². The fourth-order valence-corrected chi connectivity index (χ4v) is 2.30. The zero-order chi connectivity index (χ0) is 20.7. The van der Waals surface area contributed by atoms with E-state index in [2.05, 4.69) is 10.6 Å². The zero-order valence-electron chi connectivity index (χ0n) is 14.7. The molecule has 0 aliphatic heterocycles. The Morgan fingerprint density at radius 2 is 1.43 bits per heavy atom. The molecule has 2 aromatic rings. The van der Waals surface area contributed by atoms with E-state index in [1.54, 1.807) is 12.1 Å². The van der Waals surface area contributed by atoms with Crippen LogP contribution < -0.4 is 16.4 Å². The Kier molecular flexibility index (Phi) is 6.75. The lowest BCUT2D eigenvalue weighted by atomic mass is 10.1. The summed E-state index contributed by atoms with van der Waals surface area (Å²) in [5, 5.41) is 5.01. The molecule has 0 saturated heterocycles. The highest BCUT2D eigenvalue weighted by Gasteiger charge is 2.29. The highest BCUT2D eigenvalue weighted by molar-refractivity contribution is 5.96. The lowest BCUT2D eigenvalue weighted by Gasteiger charge is -2.09. The number of hydrogen-bond acceptors (Lipinski definition) is 3. The number of benzene rings is 2. The van der Waals surface area contributed by atoms with Gasteiger partial charge in [0, 0.05) is 12.1 Å². The highest BCUT2D eigenvalue weighted by Crippen LogP contribution is 2.29. The summed E-state index contributed by atoms with van der Waals surface area (Å²) in [6, 6.07) is 10.7. The number of nitrogens with one attached hydrogen (secondary N) is 2. The van der Waals surface area contributed by atoms with Gasteiger partial charge in [0.15, 0.2) is 0 Å². The SMILES string of the molecule is NC(=O)CNC(=O)c1ccc(CNC(=O)Cc2ccc(C(F)(F)F)cc2)cc1. The van der Waals surface area contributed by atoms with Crippen LogP contribution in [0.5, 0.6) is 0 Å². The number of alkyl halides is 3. The molecule has 6 nitrogen and oxygen atoms in total. The Balaban J connectivity index is 1.84. The molecule has 0 fully saturated rings. The van der Waals surface area contributed by atoms with Crippen LogP contribution in [-0.2, 0) is 28.7 Å². The van der Waals surface area contributed by atoms with E-state index in [0.29, 0.717) is 11.1 Å². The largest absolute Gasteiger partial charge is 0.416 e. The van der Waals surface area contributed by atoms with E-state index in [0.717, 1.165) is 17.7 Å². The Bertz CT molecular complexity index is 847. The normalized spacial score (nSPS) is 11.0. The number of nitrogens with two attached hydrogens (primary N) is 1. The topological polar surface area (TPSA) is 101 Å². The summed E-state index contributed by atoms with van der Waals surface area (Å²) in [6.45, 7) is -0.0662. The molecule has 0 heterocycles. The third kappa shape index (κ3) is 6.42. The van der Waals surface area contributed by atoms with Crippen molar-refractivity contribution in [1.82, 2.24) is 10.6 Å². The predicted molar refractivity (Wildman–Crippen MR) is 95.0 cm³/mol. The standard InChI is InChI=1S/C19H18F3N3O3/c20-19(21,22)15-7-3-12(4-8-15)9-17(27)24-10-13-1-5-14(6-2-13)18(28)25-11-16(23)26/h1-8H,9-11H2,(H2,23,26)(H,24,27)(H,25,28). The van der Waals surface area contributed by atoms with Crippen molar-refractivity contribution in [3.05, 3.63) is 70.8 Å². The van der Waals surface area contributed by atoms with Crippen LogP contribution in [0.1, 0.15) is 27.0 Å². The molecular formula is C19H18F3N3O3. The molecule has 0 aromatic heterocycles. The van der Waals surface area contributed by atoms with Gasteiger partial charge < -0.3 is 16.4 Å². The summed E-state index contributed by atoms with van der Waals surface area (Å²) in [6.07, 6.45) is -4.46. The minimum Gasteiger partial charge on any atom is -0.368 e. The quantitative estimate of drug-likeness (QED) is 0.668. The van der Waals surface area contributed by atoms with E-state index in [4.69, 9.17) is 5.73 Å². The first-order chi connectivity index (χ1) is 13.1. The third-order valence-electron chi connectivity index (χ3n) is 3.77. The van der Waals surface area contributed by atoms with Gasteiger partial charge >= 0.3 is 6.18 Å². The van der Waals surface area contributed by atoms with Crippen LogP contribution >= 0.6 is 0 Å². The number of primary amides is 1. The molecule has 2 aromatic carbocycles. The number of carbonyl (C=O) groups excluding carboxylic acids is 3. The molecule has 0 unspecified atom stereocenters. The molecule has 0 aliphatic rings. The minimum absolute atomic E-state index is 0.0499. The first-order valence-corrected chi connectivity index (χ1v) is 8.23. The molecule has 0 spiro atoms. The van der Waals surface area contributed by atoms with E-state index in [1.807, 2.05) is 0 Å². The fourth-order valence-electron chi connectivity index (χ4n) is 2.30. The van der Waals surface area contributed by atoms with Gasteiger partial charge in [-0.1, -0.05) is 24.3 Å². The second-order valence-electron chi connectivity index (χ2n) is 5.99. The molecule has 2 rings (SSSR count). The van der Waals surface area contributed by atoms with Crippen molar-refractivity contribution in [2.75, 3.05) is 6.54 Å². The van der Waals surface area contributed by atoms with Gasteiger partial charge in [-0.05, 0) is 35.4 Å². The molecule has 9 heteroatoms. The van der Waals surface area contributed by atoms with E-state index >= 15 is 0 Å². The van der Waals surface area contributed by atoms with Crippen molar-refractivity contribution in [2.45, 2.75) is 19.1 Å². The minimum atomic E-state index is -4.41. The van der Waals surface area contributed by atoms with Gasteiger partial charge in [-0.3, -0.25) is 14.4 Å². The van der Waals surface area contributed by atoms with Crippen molar-refractivity contribution in [1.29, 1.82) is 0 Å². The van der Waals surface area contributed by atoms with E-state index in [1.165, 1.54) is 24.3 Å². The van der Waals surface area contributed by atoms with Crippen molar-refractivity contribution in [3.8, 4) is 0 Å². The second-order valence-corrected chi connectivity index (χ2v) is 5.99. The molecule has 0 bridgehead atoms. The Morgan fingerprint density at radius 1 is 0.857 bits per heavy atom. The summed E-state index contributed by atoms with van der Waals surface area (Å²) in [5.41, 5.74) is 5.71. The third-order valence-corrected chi connectivity index (χ3v) is 3.77. The molecule has 0 aliphatic carbocycles. The molecule has 28 heavy (non-hydrogen) atoms. The van der Waals surface area contributed by atoms with Crippen molar-refractivity contribution in [3.63, 3.8) is 0 Å². The second kappa shape index (κ2) is 9.03. The predicted octanol–water partition coefficient (Wildman–Crippen LogP) is 1.78. The van der Waals surface area contributed by atoms with Crippen LogP contribution in [0.2, 0.25) is 0 Å². The van der Waals surface area contributed by atoms with E-state index < -0.39 is 23.6 Å². The van der Waals surface area contributed by atoms with Gasteiger partial charge in [-0.2, -0.15) is 13.2 Å². The monoisotopic (exact) mass is 393 g/mol. The Morgan fingerprint density at radius 3 is 1.96 bits per heavy atom. The van der Waals surface area contributed by atoms with Crippen LogP contribution in [0.15, 0.2) is 48.5 Å². The number of halogens is 3. The van der Waals surface area contributed by atoms with Gasteiger partial charge in [0.2, 0.25) is 11.8 Å². The zero-order valence-corrected chi connectivity index (χ0v) is 14.7. The van der Waals surface area contributed by atoms with Crippen LogP contribution in [0.25, 0.3) is 0 Å². The van der Waals surface area contributed by atoms with E-state index in [9.17, 15) is 27.6 Å². The van der Waals surface area contributed by atoms with E-state index in [-0.39, 0.29) is 25.4 Å². The van der Waals surface area contributed by atoms with Crippen LogP contribution in [0, 0.1) is 0 Å². The molecule has 4 N–H and O–H groups in total. The number of amides is 3. The van der Waals surface area contributed by atoms with Crippen LogP contribution in [0.3, 0.4) is 0 Å². The molecule has 148 valence electrons. The van der Waals surface area contributed by atoms with Gasteiger partial charge in [0.1, 0.15) is 0 Å². The Labute approximate surface area is 158 Å². The number of carbonyl (C=O) groups is 3. The molecule has 0 saturated carbocycles. The maximum Gasteiger partial charge on any atom is 0.416 e. The molecule has 3 amide bonds. The molecule has 0 radical (unpaired) electrons. The molecular weight excluding hydrogens is 375 g/mol. The molecule has 0 atom stereocenters. The summed E-state index contributed by atoms with van der Waals surface area (Å²) < 4.78 is 37.6. The number of rotatable bonds is 7. The lowest BCUT2D eigenvalue weighted by molar-refractivity contribution is -0.137. The lowest BCUT2D eigenvalue weighted by Crippen LogP contribution is -2.33. The number of hydrogen-bond donors (Lipinski definition) is 3. The van der Waals surface area contributed by atoms with Crippen LogP contribution in [-0.4, -0.2) is 24.3 Å². The summed E-state index contributed by atoms with van der Waals surface area (Å²) in [5.74, 6) is -1.44. The van der Waals surface area contributed by atoms with Crippen molar-refractivity contribution >= 4 is 17.7 Å². The average molecular weight is 393 g/mol. The summed E-state index contributed by atoms with van der Waals surface area (Å²) in [4.78, 5) is 34.4. The van der Waals surface area contributed by atoms with Crippen molar-refractivity contribution < 1.29 is 27.6 Å². The highest BCUT2D eigenvalue weighted by atomic mass is 19.4. The fraction of sp³-hybridized carbons (Fsp3) is 0.211. The first kappa shape index (κ1) is 20.9. The van der Waals surface area contributed by atoms with Gasteiger partial charge in [-0.15, -0.1) is 0 Å². The summed E-state index contributed by atoms with van der Waals surface area (Å²) in [7, 11) is 0. The van der Waals surface area contributed by atoms with Gasteiger partial charge in [0.25, 0.3) is 5.91 Å². The van der Waals surface area contributed by atoms with Gasteiger partial charge in [-0.25, -0.2) is 0 Å². The van der Waals surface area contributed by atoms with Crippen LogP contribution in [0.4, 0.5) is 13.2 Å². The maximum absolute atomic E-state index is 12.5. The Hall–Kier alpha value is -3.36. The van der Waals surface area contributed by atoms with Crippen molar-refractivity contribution in [2.24, 2.45) is 5.73 Å². The average Bonchev–Trinajstić information content (AvgIpc) is 2.64. The maximum atomic E-state index is 12.5. The summed E-state index contributed by atoms with van der Waals surface area (Å²) >= 11 is 0.